The fourth-order valence-corrected chi connectivity index (χ4v) is 2.43. The molecule has 1 aromatic rings. The van der Waals surface area contributed by atoms with Crippen molar-refractivity contribution in [2.24, 2.45) is 0 Å². The van der Waals surface area contributed by atoms with Crippen molar-refractivity contribution in [3.05, 3.63) is 59.7 Å². The van der Waals surface area contributed by atoms with Crippen LogP contribution in [0.2, 0.25) is 0 Å². The number of hydrogen-bond acceptors (Lipinski definition) is 7. The van der Waals surface area contributed by atoms with Crippen LogP contribution in [-0.4, -0.2) is 37.9 Å². The van der Waals surface area contributed by atoms with E-state index in [4.69, 9.17) is 14.2 Å². The average molecular weight is 404 g/mol. The summed E-state index contributed by atoms with van der Waals surface area (Å²) in [5.74, 6) is -1.14. The Balaban J connectivity index is 3.13. The van der Waals surface area contributed by atoms with Crippen LogP contribution in [0.4, 0.5) is 4.79 Å². The van der Waals surface area contributed by atoms with Crippen molar-refractivity contribution >= 4 is 18.1 Å². The maximum Gasteiger partial charge on any atom is 0.509 e. The first-order valence-electron chi connectivity index (χ1n) is 9.08. The van der Waals surface area contributed by atoms with E-state index in [0.29, 0.717) is 18.4 Å². The SMILES string of the molecule is C=C(C(=O)OC)C(OC(=O)OC(C)(C)C)c1ccccc1CC/C=C/C(=O)OC. The molecule has 0 aromatic heterocycles. The normalized spacial score (nSPS) is 12.2. The lowest BCUT2D eigenvalue weighted by molar-refractivity contribution is -0.137. The molecule has 1 aromatic carbocycles. The van der Waals surface area contributed by atoms with E-state index in [2.05, 4.69) is 11.3 Å². The number of allylic oxidation sites excluding steroid dienone is 1. The maximum absolute atomic E-state index is 12.2. The molecule has 0 amide bonds. The monoisotopic (exact) mass is 404 g/mol. The van der Waals surface area contributed by atoms with Crippen LogP contribution in [0.3, 0.4) is 0 Å². The van der Waals surface area contributed by atoms with Gasteiger partial charge in [0.25, 0.3) is 0 Å². The molecule has 1 unspecified atom stereocenters. The van der Waals surface area contributed by atoms with Crippen LogP contribution < -0.4 is 0 Å². The number of methoxy groups -OCH3 is 2. The first kappa shape index (κ1) is 23.9. The Kier molecular flexibility index (Phi) is 9.12. The molecule has 0 spiro atoms. The number of rotatable bonds is 8. The van der Waals surface area contributed by atoms with Gasteiger partial charge in [0.1, 0.15) is 5.60 Å². The summed E-state index contributed by atoms with van der Waals surface area (Å²) in [6.07, 6.45) is 2.10. The lowest BCUT2D eigenvalue weighted by Crippen LogP contribution is -2.27. The van der Waals surface area contributed by atoms with E-state index < -0.39 is 29.8 Å². The van der Waals surface area contributed by atoms with Gasteiger partial charge >= 0.3 is 18.1 Å². The Morgan fingerprint density at radius 2 is 1.76 bits per heavy atom. The Morgan fingerprint density at radius 3 is 2.34 bits per heavy atom. The van der Waals surface area contributed by atoms with Crippen LogP contribution in [0.5, 0.6) is 0 Å². The molecule has 7 heteroatoms. The minimum absolute atomic E-state index is 0.0316. The molecule has 0 aliphatic carbocycles. The van der Waals surface area contributed by atoms with Crippen LogP contribution in [-0.2, 0) is 35.0 Å². The highest BCUT2D eigenvalue weighted by Crippen LogP contribution is 2.30. The summed E-state index contributed by atoms with van der Waals surface area (Å²) in [5.41, 5.74) is 0.614. The fraction of sp³-hybridized carbons (Fsp3) is 0.409. The topological polar surface area (TPSA) is 88.1 Å². The molecule has 0 saturated heterocycles. The van der Waals surface area contributed by atoms with E-state index in [1.165, 1.54) is 20.3 Å². The van der Waals surface area contributed by atoms with Gasteiger partial charge in [0.15, 0.2) is 6.10 Å². The van der Waals surface area contributed by atoms with Gasteiger partial charge in [0, 0.05) is 11.6 Å². The van der Waals surface area contributed by atoms with E-state index in [0.717, 1.165) is 5.56 Å². The zero-order valence-corrected chi connectivity index (χ0v) is 17.5. The maximum atomic E-state index is 12.2. The zero-order valence-electron chi connectivity index (χ0n) is 17.5. The second-order valence-electron chi connectivity index (χ2n) is 7.14. The van der Waals surface area contributed by atoms with E-state index in [1.54, 1.807) is 39.0 Å². The lowest BCUT2D eigenvalue weighted by atomic mass is 9.94. The second kappa shape index (κ2) is 11.0. The summed E-state index contributed by atoms with van der Waals surface area (Å²) in [6, 6.07) is 7.17. The highest BCUT2D eigenvalue weighted by atomic mass is 16.7. The van der Waals surface area contributed by atoms with E-state index in [1.807, 2.05) is 12.1 Å². The fourth-order valence-electron chi connectivity index (χ4n) is 2.43. The Labute approximate surface area is 171 Å². The van der Waals surface area contributed by atoms with Gasteiger partial charge in [-0.1, -0.05) is 36.9 Å². The predicted molar refractivity (Wildman–Crippen MR) is 107 cm³/mol. The molecule has 1 atom stereocenters. The van der Waals surface area contributed by atoms with Crippen molar-refractivity contribution in [2.75, 3.05) is 14.2 Å². The van der Waals surface area contributed by atoms with Gasteiger partial charge in [-0.25, -0.2) is 14.4 Å². The van der Waals surface area contributed by atoms with E-state index in [-0.39, 0.29) is 5.57 Å². The summed E-state index contributed by atoms with van der Waals surface area (Å²) in [5, 5.41) is 0. The predicted octanol–water partition coefficient (Wildman–Crippen LogP) is 4.07. The number of benzene rings is 1. The molecular weight excluding hydrogens is 376 g/mol. The van der Waals surface area contributed by atoms with Gasteiger partial charge in [-0.3, -0.25) is 0 Å². The Bertz CT molecular complexity index is 772. The molecule has 0 aliphatic rings. The van der Waals surface area contributed by atoms with Crippen LogP contribution in [0.25, 0.3) is 0 Å². The quantitative estimate of drug-likeness (QED) is 0.367. The highest BCUT2D eigenvalue weighted by Gasteiger charge is 2.29. The molecule has 7 nitrogen and oxygen atoms in total. The third-order valence-corrected chi connectivity index (χ3v) is 3.74. The molecule has 1 rings (SSSR count). The van der Waals surface area contributed by atoms with Crippen molar-refractivity contribution < 1.29 is 33.3 Å². The molecule has 0 saturated carbocycles. The zero-order chi connectivity index (χ0) is 22.0. The molecule has 158 valence electrons. The summed E-state index contributed by atoms with van der Waals surface area (Å²) in [4.78, 5) is 35.5. The number of carbonyl (C=O) groups is 3. The summed E-state index contributed by atoms with van der Waals surface area (Å²) in [7, 11) is 2.53. The molecule has 0 heterocycles. The van der Waals surface area contributed by atoms with E-state index in [9.17, 15) is 14.4 Å². The van der Waals surface area contributed by atoms with Crippen LogP contribution in [0, 0.1) is 0 Å². The van der Waals surface area contributed by atoms with Crippen molar-refractivity contribution in [2.45, 2.75) is 45.3 Å². The molecule has 0 bridgehead atoms. The van der Waals surface area contributed by atoms with Crippen molar-refractivity contribution in [3.63, 3.8) is 0 Å². The third kappa shape index (κ3) is 8.21. The standard InChI is InChI=1S/C22H28O7/c1-15(20(24)27-6)19(28-21(25)29-22(2,3)4)17-13-9-7-11-16(17)12-8-10-14-18(23)26-5/h7,9-11,13-14,19H,1,8,12H2,2-6H3/b14-10+. The van der Waals surface area contributed by atoms with Gasteiger partial charge in [-0.15, -0.1) is 0 Å². The van der Waals surface area contributed by atoms with Gasteiger partial charge in [-0.2, -0.15) is 0 Å². The molecule has 0 N–H and O–H groups in total. The Morgan fingerprint density at radius 1 is 1.10 bits per heavy atom. The smallest absolute Gasteiger partial charge is 0.466 e. The van der Waals surface area contributed by atoms with Crippen molar-refractivity contribution in [1.82, 2.24) is 0 Å². The number of esters is 2. The minimum atomic E-state index is -1.07. The van der Waals surface area contributed by atoms with E-state index >= 15 is 0 Å². The summed E-state index contributed by atoms with van der Waals surface area (Å²) in [6.45, 7) is 8.87. The van der Waals surface area contributed by atoms with Gasteiger partial charge in [0.05, 0.1) is 19.8 Å². The van der Waals surface area contributed by atoms with Crippen LogP contribution in [0.1, 0.15) is 44.4 Å². The average Bonchev–Trinajstić information content (AvgIpc) is 2.67. The third-order valence-electron chi connectivity index (χ3n) is 3.74. The number of carbonyl (C=O) groups excluding carboxylic acids is 3. The largest absolute Gasteiger partial charge is 0.509 e. The molecule has 29 heavy (non-hydrogen) atoms. The number of ether oxygens (including phenoxy) is 4. The minimum Gasteiger partial charge on any atom is -0.466 e. The number of hydrogen-bond donors (Lipinski definition) is 0. The molecular formula is C22H28O7. The van der Waals surface area contributed by atoms with Crippen molar-refractivity contribution in [1.29, 1.82) is 0 Å². The summed E-state index contributed by atoms with van der Waals surface area (Å²) < 4.78 is 20.0. The summed E-state index contributed by atoms with van der Waals surface area (Å²) >= 11 is 0. The van der Waals surface area contributed by atoms with Gasteiger partial charge in [-0.05, 0) is 39.2 Å². The molecule has 0 fully saturated rings. The van der Waals surface area contributed by atoms with Crippen molar-refractivity contribution in [3.8, 4) is 0 Å². The second-order valence-corrected chi connectivity index (χ2v) is 7.14. The van der Waals surface area contributed by atoms with Gasteiger partial charge < -0.3 is 18.9 Å². The lowest BCUT2D eigenvalue weighted by Gasteiger charge is -2.24. The first-order chi connectivity index (χ1) is 13.6. The number of aryl methyl sites for hydroxylation is 1. The molecule has 0 aliphatic heterocycles. The van der Waals surface area contributed by atoms with Gasteiger partial charge in [0.2, 0.25) is 0 Å². The highest BCUT2D eigenvalue weighted by molar-refractivity contribution is 5.89. The first-order valence-corrected chi connectivity index (χ1v) is 9.08. The Hall–Kier alpha value is -3.09. The molecule has 0 radical (unpaired) electrons. The van der Waals surface area contributed by atoms with Crippen LogP contribution >= 0.6 is 0 Å². The van der Waals surface area contributed by atoms with Crippen LogP contribution in [0.15, 0.2) is 48.6 Å².